The molecule has 1 saturated heterocycles. The maximum absolute atomic E-state index is 12.1. The zero-order chi connectivity index (χ0) is 39.7. The Bertz CT molecular complexity index is 1710. The van der Waals surface area contributed by atoms with E-state index in [9.17, 15) is 14.4 Å². The average Bonchev–Trinajstić information content (AvgIpc) is 3.69. The molecule has 17 nitrogen and oxygen atoms in total. The zero-order valence-electron chi connectivity index (χ0n) is 31.8. The van der Waals surface area contributed by atoms with Crippen molar-refractivity contribution in [1.82, 2.24) is 19.7 Å². The molecule has 3 heterocycles. The highest BCUT2D eigenvalue weighted by atomic mass is 35.5. The van der Waals surface area contributed by atoms with Crippen LogP contribution in [0.1, 0.15) is 52.3 Å². The molecule has 0 bridgehead atoms. The number of nitrogens with zero attached hydrogens (tertiary/aromatic N) is 4. The third-order valence-corrected chi connectivity index (χ3v) is 8.16. The topological polar surface area (TPSA) is 190 Å². The maximum Gasteiger partial charge on any atom is 0.303 e. The second-order valence-electron chi connectivity index (χ2n) is 12.7. The van der Waals surface area contributed by atoms with Gasteiger partial charge < -0.3 is 47.9 Å². The Hall–Kier alpha value is -4.39. The van der Waals surface area contributed by atoms with Gasteiger partial charge in [-0.3, -0.25) is 14.4 Å². The monoisotopic (exact) mass is 791 g/mol. The number of anilines is 1. The number of fused-ring (bicyclic) bond motifs is 1. The molecule has 1 aliphatic rings. The number of rotatable bonds is 24. The molecule has 5 atom stereocenters. The Morgan fingerprint density at radius 1 is 0.855 bits per heavy atom. The largest absolute Gasteiger partial charge is 0.491 e. The molecule has 2 aromatic heterocycles. The van der Waals surface area contributed by atoms with E-state index < -0.39 is 42.4 Å². The molecule has 55 heavy (non-hydrogen) atoms. The molecule has 0 radical (unpaired) electrons. The first-order valence-electron chi connectivity index (χ1n) is 17.9. The molecule has 1 N–H and O–H groups in total. The summed E-state index contributed by atoms with van der Waals surface area (Å²) in [6.07, 6.45) is -2.79. The highest BCUT2D eigenvalue weighted by Gasteiger charge is 2.51. The number of esters is 3. The second-order valence-corrected chi connectivity index (χ2v) is 13.1. The minimum atomic E-state index is -1.14. The summed E-state index contributed by atoms with van der Waals surface area (Å²) in [5.74, 6) is -0.666. The molecule has 4 rings (SSSR count). The summed E-state index contributed by atoms with van der Waals surface area (Å²) < 4.78 is 51.4. The normalized spacial score (nSPS) is 18.5. The molecule has 0 amide bonds. The van der Waals surface area contributed by atoms with Gasteiger partial charge in [0.05, 0.1) is 64.4 Å². The molecule has 0 spiro atoms. The van der Waals surface area contributed by atoms with Gasteiger partial charge in [-0.2, -0.15) is 15.1 Å². The highest BCUT2D eigenvalue weighted by molar-refractivity contribution is 6.28. The summed E-state index contributed by atoms with van der Waals surface area (Å²) in [7, 11) is 0. The fourth-order valence-electron chi connectivity index (χ4n) is 5.49. The minimum Gasteiger partial charge on any atom is -0.491 e. The Morgan fingerprint density at radius 3 is 2.05 bits per heavy atom. The van der Waals surface area contributed by atoms with Gasteiger partial charge in [-0.1, -0.05) is 31.2 Å². The van der Waals surface area contributed by atoms with Crippen LogP contribution in [0.2, 0.25) is 5.28 Å². The smallest absolute Gasteiger partial charge is 0.303 e. The van der Waals surface area contributed by atoms with Gasteiger partial charge in [0.25, 0.3) is 0 Å². The Balaban J connectivity index is 1.26. The van der Waals surface area contributed by atoms with Gasteiger partial charge in [-0.15, -0.1) is 0 Å². The maximum atomic E-state index is 12.1. The van der Waals surface area contributed by atoms with Crippen molar-refractivity contribution in [2.75, 3.05) is 77.9 Å². The van der Waals surface area contributed by atoms with Crippen LogP contribution in [0.15, 0.2) is 42.6 Å². The fraction of sp³-hybridized carbons (Fsp3) is 0.568. The first-order chi connectivity index (χ1) is 26.4. The molecule has 1 aromatic carbocycles. The second kappa shape index (κ2) is 22.2. The highest BCUT2D eigenvalue weighted by Crippen LogP contribution is 2.36. The molecule has 1 fully saturated rings. The van der Waals surface area contributed by atoms with Crippen LogP contribution in [0.25, 0.3) is 11.0 Å². The van der Waals surface area contributed by atoms with Crippen LogP contribution in [0, 0.1) is 0 Å². The van der Waals surface area contributed by atoms with E-state index in [0.29, 0.717) is 77.2 Å². The number of benzene rings is 1. The molecule has 0 aliphatic carbocycles. The average molecular weight is 792 g/mol. The van der Waals surface area contributed by atoms with Crippen LogP contribution < -0.4 is 10.1 Å². The molecule has 1 aliphatic heterocycles. The molecule has 3 aromatic rings. The number of carbonyl (C=O) groups excluding carboxylic acids is 3. The number of nitrogens with one attached hydrogen (secondary N) is 1. The Morgan fingerprint density at radius 2 is 1.45 bits per heavy atom. The van der Waals surface area contributed by atoms with E-state index in [4.69, 9.17) is 54.2 Å². The summed E-state index contributed by atoms with van der Waals surface area (Å²) in [5.41, 5.74) is 2.31. The fourth-order valence-corrected chi connectivity index (χ4v) is 5.66. The Kier molecular flexibility index (Phi) is 17.5. The number of aromatic nitrogens is 4. The number of ether oxygens (including phenoxy) is 9. The van der Waals surface area contributed by atoms with Crippen molar-refractivity contribution in [2.45, 2.75) is 65.1 Å². The van der Waals surface area contributed by atoms with Crippen molar-refractivity contribution in [3.8, 4) is 5.75 Å². The number of hydrogen-bond donors (Lipinski definition) is 1. The summed E-state index contributed by atoms with van der Waals surface area (Å²) >= 11 is 6.37. The lowest BCUT2D eigenvalue weighted by Crippen LogP contribution is -2.40. The standard InChI is InChI=1S/C37H50ClN5O12/c1-23(2)21-50-16-15-48-12-11-47-13-14-49-17-18-51-29-9-7-28(8-10-29)24(3)19-39-34-30-20-40-43(35(30)42-37(38)41-34)36-33(54-27(6)46)32(53-26(5)45)31(55-36)22-52-25(4)44/h7-10,20,24,31-33,36H,1,11-19,21-22H2,2-6H3,(H,39,41,42)/t24?,31-,32-,33-,36-/m1/s1. The van der Waals surface area contributed by atoms with Crippen LogP contribution in [-0.2, 0) is 52.3 Å². The first-order valence-corrected chi connectivity index (χ1v) is 18.3. The lowest BCUT2D eigenvalue weighted by atomic mass is 10.0. The van der Waals surface area contributed by atoms with Gasteiger partial charge in [0.1, 0.15) is 30.9 Å². The molecular formula is C37H50ClN5O12. The van der Waals surface area contributed by atoms with E-state index in [1.165, 1.54) is 31.6 Å². The third kappa shape index (κ3) is 14.0. The summed E-state index contributed by atoms with van der Waals surface area (Å²) in [4.78, 5) is 44.4. The van der Waals surface area contributed by atoms with Gasteiger partial charge in [0, 0.05) is 27.3 Å². The van der Waals surface area contributed by atoms with Crippen molar-refractivity contribution in [1.29, 1.82) is 0 Å². The van der Waals surface area contributed by atoms with Gasteiger partial charge in [-0.25, -0.2) is 4.68 Å². The van der Waals surface area contributed by atoms with E-state index in [0.717, 1.165) is 16.9 Å². The predicted octanol–water partition coefficient (Wildman–Crippen LogP) is 4.04. The molecule has 0 saturated carbocycles. The number of halogens is 1. The van der Waals surface area contributed by atoms with Crippen LogP contribution in [0.5, 0.6) is 5.75 Å². The van der Waals surface area contributed by atoms with Crippen LogP contribution in [-0.4, -0.2) is 129 Å². The van der Waals surface area contributed by atoms with Crippen molar-refractivity contribution in [2.24, 2.45) is 0 Å². The van der Waals surface area contributed by atoms with E-state index in [-0.39, 0.29) is 23.5 Å². The van der Waals surface area contributed by atoms with Crippen molar-refractivity contribution in [3.63, 3.8) is 0 Å². The lowest BCUT2D eigenvalue weighted by molar-refractivity contribution is -0.166. The zero-order valence-corrected chi connectivity index (χ0v) is 32.6. The number of hydrogen-bond acceptors (Lipinski definition) is 16. The summed E-state index contributed by atoms with van der Waals surface area (Å²) in [5, 5.41) is 8.23. The van der Waals surface area contributed by atoms with Crippen LogP contribution in [0.3, 0.4) is 0 Å². The molecule has 302 valence electrons. The first kappa shape index (κ1) is 43.3. The van der Waals surface area contributed by atoms with Crippen molar-refractivity contribution in [3.05, 3.63) is 53.5 Å². The molecular weight excluding hydrogens is 742 g/mol. The van der Waals surface area contributed by atoms with Gasteiger partial charge in [0.15, 0.2) is 24.1 Å². The van der Waals surface area contributed by atoms with E-state index in [1.54, 1.807) is 0 Å². The number of carbonyl (C=O) groups is 3. The summed E-state index contributed by atoms with van der Waals surface area (Å²) in [6.45, 7) is 15.9. The molecule has 18 heteroatoms. The summed E-state index contributed by atoms with van der Waals surface area (Å²) in [6, 6.07) is 7.79. The van der Waals surface area contributed by atoms with Crippen LogP contribution in [0.4, 0.5) is 5.82 Å². The molecule has 1 unspecified atom stereocenters. The van der Waals surface area contributed by atoms with Crippen molar-refractivity contribution >= 4 is 46.4 Å². The van der Waals surface area contributed by atoms with E-state index in [1.807, 2.05) is 31.2 Å². The minimum absolute atomic E-state index is 0.0505. The van der Waals surface area contributed by atoms with E-state index in [2.05, 4.69) is 33.9 Å². The third-order valence-electron chi connectivity index (χ3n) is 7.99. The van der Waals surface area contributed by atoms with E-state index >= 15 is 0 Å². The SMILES string of the molecule is C=C(C)COCCOCCOCCOCCOc1ccc(C(C)CNc2nc(Cl)nc3c2cnn3[C@@H]2O[C@H](COC(C)=O)[C@@H](OC(C)=O)[C@H]2OC(C)=O)cc1. The Labute approximate surface area is 324 Å². The van der Waals surface area contributed by atoms with Gasteiger partial charge in [-0.05, 0) is 42.1 Å². The quantitative estimate of drug-likeness (QED) is 0.0449. The van der Waals surface area contributed by atoms with Crippen LogP contribution >= 0.6 is 11.6 Å². The van der Waals surface area contributed by atoms with Gasteiger partial charge in [0.2, 0.25) is 5.28 Å². The predicted molar refractivity (Wildman–Crippen MR) is 199 cm³/mol. The van der Waals surface area contributed by atoms with Gasteiger partial charge >= 0.3 is 17.9 Å². The van der Waals surface area contributed by atoms with Crippen molar-refractivity contribution < 1.29 is 57.0 Å². The lowest BCUT2D eigenvalue weighted by Gasteiger charge is -2.23.